The number of nitrogens with zero attached hydrogens (tertiary/aromatic N) is 1. The van der Waals surface area contributed by atoms with Crippen molar-refractivity contribution in [2.24, 2.45) is 5.73 Å². The van der Waals surface area contributed by atoms with E-state index in [9.17, 15) is 13.2 Å². The van der Waals surface area contributed by atoms with E-state index < -0.39 is 11.7 Å². The maximum Gasteiger partial charge on any atom is 0.416 e. The normalized spacial score (nSPS) is 24.3. The maximum absolute atomic E-state index is 12.9. The molecule has 1 aliphatic carbocycles. The van der Waals surface area contributed by atoms with Crippen molar-refractivity contribution in [1.82, 2.24) is 10.2 Å². The molecule has 7 heteroatoms. The quantitative estimate of drug-likeness (QED) is 0.726. The molecule has 0 aromatic heterocycles. The van der Waals surface area contributed by atoms with Gasteiger partial charge in [0.05, 0.1) is 5.56 Å². The van der Waals surface area contributed by atoms with Gasteiger partial charge in [-0.1, -0.05) is 36.4 Å². The minimum Gasteiger partial charge on any atom is -0.326 e. The Kier molecular flexibility index (Phi) is 6.89. The first-order valence-corrected chi connectivity index (χ1v) is 9.89. The Balaban J connectivity index is 0.00000240. The fourth-order valence-corrected chi connectivity index (χ4v) is 4.06. The van der Waals surface area contributed by atoms with Gasteiger partial charge in [0.1, 0.15) is 0 Å². The molecule has 2 aromatic carbocycles. The van der Waals surface area contributed by atoms with Crippen molar-refractivity contribution in [3.8, 4) is 11.1 Å². The summed E-state index contributed by atoms with van der Waals surface area (Å²) in [7, 11) is 0. The number of hydrogen-bond donors (Lipinski definition) is 2. The number of alkyl halides is 3. The van der Waals surface area contributed by atoms with E-state index in [0.29, 0.717) is 23.6 Å². The highest BCUT2D eigenvalue weighted by molar-refractivity contribution is 5.85. The van der Waals surface area contributed by atoms with E-state index in [2.05, 4.69) is 10.2 Å². The highest BCUT2D eigenvalue weighted by atomic mass is 35.5. The second kappa shape index (κ2) is 9.04. The molecule has 2 fully saturated rings. The van der Waals surface area contributed by atoms with Gasteiger partial charge in [0.15, 0.2) is 0 Å². The lowest BCUT2D eigenvalue weighted by molar-refractivity contribution is -0.137. The van der Waals surface area contributed by atoms with E-state index in [0.717, 1.165) is 50.7 Å². The summed E-state index contributed by atoms with van der Waals surface area (Å²) in [5.41, 5.74) is 7.97. The minimum absolute atomic E-state index is 0. The summed E-state index contributed by atoms with van der Waals surface area (Å²) < 4.78 is 38.7. The summed E-state index contributed by atoms with van der Waals surface area (Å²) in [6, 6.07) is 14.2. The van der Waals surface area contributed by atoms with E-state index in [1.165, 1.54) is 17.7 Å². The van der Waals surface area contributed by atoms with Crippen molar-refractivity contribution in [3.63, 3.8) is 0 Å². The standard InChI is InChI=1S/C22H26F3N3.ClH/c23-22(24,25)18-3-1-2-17(12-18)15-4-6-16(7-5-15)20-13-21(20)27-9-11-28-10-8-19(26)14-28;/h1-7,12,19-21,27H,8-11,13-14,26H2;1H/t19-,20-,21+;/m0./s1. The van der Waals surface area contributed by atoms with E-state index in [1.807, 2.05) is 24.3 Å². The van der Waals surface area contributed by atoms with Crippen LogP contribution in [0.25, 0.3) is 11.1 Å². The molecule has 3 N–H and O–H groups in total. The van der Waals surface area contributed by atoms with Crippen molar-refractivity contribution >= 4 is 12.4 Å². The van der Waals surface area contributed by atoms with Gasteiger partial charge in [-0.05, 0) is 48.2 Å². The molecule has 3 nitrogen and oxygen atoms in total. The van der Waals surface area contributed by atoms with Crippen molar-refractivity contribution in [2.75, 3.05) is 26.2 Å². The molecule has 0 amide bonds. The van der Waals surface area contributed by atoms with Gasteiger partial charge in [-0.15, -0.1) is 12.4 Å². The van der Waals surface area contributed by atoms with Gasteiger partial charge in [0.25, 0.3) is 0 Å². The fourth-order valence-electron chi connectivity index (χ4n) is 4.06. The third-order valence-electron chi connectivity index (χ3n) is 5.80. The molecule has 29 heavy (non-hydrogen) atoms. The zero-order valence-electron chi connectivity index (χ0n) is 16.2. The average Bonchev–Trinajstić information content (AvgIpc) is 3.33. The molecule has 1 aliphatic heterocycles. The van der Waals surface area contributed by atoms with E-state index in [1.54, 1.807) is 6.07 Å². The van der Waals surface area contributed by atoms with Gasteiger partial charge in [0, 0.05) is 37.6 Å². The summed E-state index contributed by atoms with van der Waals surface area (Å²) in [4.78, 5) is 2.40. The molecule has 1 heterocycles. The van der Waals surface area contributed by atoms with Gasteiger partial charge < -0.3 is 16.0 Å². The predicted octanol–water partition coefficient (Wildman–Crippen LogP) is 4.27. The van der Waals surface area contributed by atoms with Crippen LogP contribution in [0.4, 0.5) is 13.2 Å². The summed E-state index contributed by atoms with van der Waals surface area (Å²) in [6.45, 7) is 4.09. The monoisotopic (exact) mass is 425 g/mol. The van der Waals surface area contributed by atoms with Gasteiger partial charge in [-0.3, -0.25) is 0 Å². The second-order valence-corrected chi connectivity index (χ2v) is 7.95. The third kappa shape index (κ3) is 5.51. The van der Waals surface area contributed by atoms with Crippen molar-refractivity contribution < 1.29 is 13.2 Å². The fraction of sp³-hybridized carbons (Fsp3) is 0.455. The number of likely N-dealkylation sites (tertiary alicyclic amines) is 1. The number of rotatable bonds is 6. The first-order valence-electron chi connectivity index (χ1n) is 9.89. The van der Waals surface area contributed by atoms with Crippen LogP contribution in [0, 0.1) is 0 Å². The number of halogens is 4. The molecule has 0 spiro atoms. The van der Waals surface area contributed by atoms with Gasteiger partial charge >= 0.3 is 6.18 Å². The maximum atomic E-state index is 12.9. The number of hydrogen-bond acceptors (Lipinski definition) is 3. The molecule has 3 atom stereocenters. The zero-order chi connectivity index (χ0) is 19.7. The Morgan fingerprint density at radius 3 is 2.48 bits per heavy atom. The van der Waals surface area contributed by atoms with Crippen LogP contribution in [-0.4, -0.2) is 43.2 Å². The largest absolute Gasteiger partial charge is 0.416 e. The Labute approximate surface area is 175 Å². The number of benzene rings is 2. The summed E-state index contributed by atoms with van der Waals surface area (Å²) in [5, 5.41) is 3.61. The number of nitrogens with one attached hydrogen (secondary N) is 1. The van der Waals surface area contributed by atoms with Crippen LogP contribution < -0.4 is 11.1 Å². The first-order chi connectivity index (χ1) is 13.4. The molecule has 1 saturated carbocycles. The van der Waals surface area contributed by atoms with Crippen molar-refractivity contribution in [1.29, 1.82) is 0 Å². The predicted molar refractivity (Wildman–Crippen MR) is 112 cm³/mol. The Morgan fingerprint density at radius 1 is 1.07 bits per heavy atom. The van der Waals surface area contributed by atoms with Gasteiger partial charge in [-0.2, -0.15) is 13.2 Å². The molecule has 158 valence electrons. The van der Waals surface area contributed by atoms with Crippen LogP contribution in [0.2, 0.25) is 0 Å². The molecule has 2 aromatic rings. The Hall–Kier alpha value is -1.60. The van der Waals surface area contributed by atoms with Crippen molar-refractivity contribution in [2.45, 2.75) is 37.0 Å². The van der Waals surface area contributed by atoms with Crippen LogP contribution in [-0.2, 0) is 6.18 Å². The summed E-state index contributed by atoms with van der Waals surface area (Å²) in [5.74, 6) is 0.497. The van der Waals surface area contributed by atoms with Crippen LogP contribution in [0.1, 0.15) is 29.9 Å². The zero-order valence-corrected chi connectivity index (χ0v) is 17.0. The first kappa shape index (κ1) is 22.1. The Morgan fingerprint density at radius 2 is 1.83 bits per heavy atom. The van der Waals surface area contributed by atoms with Gasteiger partial charge in [-0.25, -0.2) is 0 Å². The lowest BCUT2D eigenvalue weighted by atomic mass is 10.0. The molecular formula is C22H27ClF3N3. The summed E-state index contributed by atoms with van der Waals surface area (Å²) in [6.07, 6.45) is -2.12. The molecule has 0 unspecified atom stereocenters. The summed E-state index contributed by atoms with van der Waals surface area (Å²) >= 11 is 0. The van der Waals surface area contributed by atoms with Crippen LogP contribution >= 0.6 is 12.4 Å². The smallest absolute Gasteiger partial charge is 0.326 e. The van der Waals surface area contributed by atoms with Crippen LogP contribution in [0.15, 0.2) is 48.5 Å². The van der Waals surface area contributed by atoms with Crippen LogP contribution in [0.5, 0.6) is 0 Å². The minimum atomic E-state index is -4.32. The average molecular weight is 426 g/mol. The van der Waals surface area contributed by atoms with Gasteiger partial charge in [0.2, 0.25) is 0 Å². The third-order valence-corrected chi connectivity index (χ3v) is 5.80. The molecule has 4 rings (SSSR count). The molecule has 0 bridgehead atoms. The Bertz CT molecular complexity index is 810. The lowest BCUT2D eigenvalue weighted by Crippen LogP contribution is -2.33. The highest BCUT2D eigenvalue weighted by Gasteiger charge is 2.37. The molecule has 2 aliphatic rings. The van der Waals surface area contributed by atoms with Crippen molar-refractivity contribution in [3.05, 3.63) is 59.7 Å². The number of nitrogens with two attached hydrogens (primary N) is 1. The molecule has 0 radical (unpaired) electrons. The van der Waals surface area contributed by atoms with E-state index in [4.69, 9.17) is 5.73 Å². The molecular weight excluding hydrogens is 399 g/mol. The van der Waals surface area contributed by atoms with E-state index >= 15 is 0 Å². The topological polar surface area (TPSA) is 41.3 Å². The van der Waals surface area contributed by atoms with E-state index in [-0.39, 0.29) is 12.4 Å². The SMILES string of the molecule is Cl.N[C@H]1CCN(CCN[C@@H]2C[C@H]2c2ccc(-c3cccc(C(F)(F)F)c3)cc2)C1. The molecule has 1 saturated heterocycles. The lowest BCUT2D eigenvalue weighted by Gasteiger charge is -2.15. The highest BCUT2D eigenvalue weighted by Crippen LogP contribution is 2.41. The second-order valence-electron chi connectivity index (χ2n) is 7.95. The van der Waals surface area contributed by atoms with Crippen LogP contribution in [0.3, 0.4) is 0 Å².